The van der Waals surface area contributed by atoms with E-state index in [4.69, 9.17) is 9.15 Å². The summed E-state index contributed by atoms with van der Waals surface area (Å²) in [4.78, 5) is 35.0. The lowest BCUT2D eigenvalue weighted by Crippen LogP contribution is -2.34. The van der Waals surface area contributed by atoms with Gasteiger partial charge >= 0.3 is 0 Å². The molecule has 1 aromatic carbocycles. The molecule has 0 saturated carbocycles. The van der Waals surface area contributed by atoms with Crippen molar-refractivity contribution in [3.05, 3.63) is 70.7 Å². The third-order valence-corrected chi connectivity index (χ3v) is 3.92. The van der Waals surface area contributed by atoms with Gasteiger partial charge in [0.05, 0.1) is 12.8 Å². The van der Waals surface area contributed by atoms with Crippen LogP contribution in [0.3, 0.4) is 0 Å². The third-order valence-electron chi connectivity index (χ3n) is 3.92. The van der Waals surface area contributed by atoms with Crippen molar-refractivity contribution in [3.8, 4) is 17.2 Å². The molecule has 0 bridgehead atoms. The summed E-state index contributed by atoms with van der Waals surface area (Å²) in [7, 11) is 0. The number of amides is 1. The van der Waals surface area contributed by atoms with Gasteiger partial charge in [-0.05, 0) is 49.4 Å². The lowest BCUT2D eigenvalue weighted by atomic mass is 10.1. The van der Waals surface area contributed by atoms with Gasteiger partial charge in [0.15, 0.2) is 18.2 Å². The number of rotatable bonds is 8. The monoisotopic (exact) mass is 381 g/mol. The average Bonchev–Trinajstić information content (AvgIpc) is 3.23. The zero-order valence-corrected chi connectivity index (χ0v) is 15.3. The molecule has 0 unspecified atom stereocenters. The second-order valence-electron chi connectivity index (χ2n) is 5.98. The number of furan rings is 1. The fraction of sp³-hybridized carbons (Fsp3) is 0.200. The van der Waals surface area contributed by atoms with Gasteiger partial charge < -0.3 is 14.5 Å². The van der Waals surface area contributed by atoms with Gasteiger partial charge in [-0.3, -0.25) is 14.4 Å². The van der Waals surface area contributed by atoms with Crippen LogP contribution in [0.2, 0.25) is 0 Å². The zero-order valence-electron chi connectivity index (χ0n) is 15.3. The molecule has 1 amide bonds. The van der Waals surface area contributed by atoms with Crippen molar-refractivity contribution < 1.29 is 18.7 Å². The summed E-state index contributed by atoms with van der Waals surface area (Å²) in [6, 6.07) is 13.0. The second kappa shape index (κ2) is 8.81. The number of nitrogens with one attached hydrogen (secondary N) is 1. The summed E-state index contributed by atoms with van der Waals surface area (Å²) in [6.45, 7) is 1.74. The summed E-state index contributed by atoms with van der Waals surface area (Å²) in [5, 5.41) is 6.90. The van der Waals surface area contributed by atoms with E-state index in [2.05, 4.69) is 10.4 Å². The Balaban J connectivity index is 1.48. The van der Waals surface area contributed by atoms with Gasteiger partial charge in [0, 0.05) is 18.2 Å². The number of benzene rings is 1. The summed E-state index contributed by atoms with van der Waals surface area (Å²) >= 11 is 0. The second-order valence-corrected chi connectivity index (χ2v) is 5.98. The number of aromatic nitrogens is 2. The molecule has 0 saturated heterocycles. The molecule has 2 aromatic heterocycles. The fourth-order valence-electron chi connectivity index (χ4n) is 2.45. The molecule has 8 nitrogen and oxygen atoms in total. The molecule has 2 heterocycles. The highest BCUT2D eigenvalue weighted by Crippen LogP contribution is 2.15. The smallest absolute Gasteiger partial charge is 0.266 e. The van der Waals surface area contributed by atoms with Crippen molar-refractivity contribution >= 4 is 11.7 Å². The van der Waals surface area contributed by atoms with Crippen molar-refractivity contribution in [2.75, 3.05) is 13.2 Å². The molecule has 0 atom stereocenters. The zero-order chi connectivity index (χ0) is 19.9. The molecular formula is C20H19N3O5. The van der Waals surface area contributed by atoms with Gasteiger partial charge in [0.25, 0.3) is 11.5 Å². The molecule has 0 aliphatic carbocycles. The number of hydrogen-bond donors (Lipinski definition) is 1. The number of nitrogens with zero attached hydrogens (tertiary/aromatic N) is 2. The standard InChI is InChI=1S/C20H19N3O5/c1-14(24)15-4-6-16(7-5-15)28-13-19(25)21-10-11-23-20(26)9-8-17(22-23)18-3-2-12-27-18/h2-9,12H,10-11,13H2,1H3,(H,21,25). The van der Waals surface area contributed by atoms with Crippen molar-refractivity contribution in [2.24, 2.45) is 0 Å². The van der Waals surface area contributed by atoms with Crippen molar-refractivity contribution in [2.45, 2.75) is 13.5 Å². The van der Waals surface area contributed by atoms with Crippen molar-refractivity contribution in [1.82, 2.24) is 15.1 Å². The van der Waals surface area contributed by atoms with E-state index in [0.29, 0.717) is 22.8 Å². The quantitative estimate of drug-likeness (QED) is 0.598. The Kier molecular flexibility index (Phi) is 6.01. The molecule has 1 N–H and O–H groups in total. The number of Topliss-reactive ketones (excluding diaryl/α,β-unsaturated/α-hetero) is 1. The van der Waals surface area contributed by atoms with E-state index >= 15 is 0 Å². The molecule has 8 heteroatoms. The molecule has 144 valence electrons. The van der Waals surface area contributed by atoms with Crippen LogP contribution in [-0.2, 0) is 11.3 Å². The summed E-state index contributed by atoms with van der Waals surface area (Å²) in [5.74, 6) is 0.682. The van der Waals surface area contributed by atoms with E-state index in [9.17, 15) is 14.4 Å². The van der Waals surface area contributed by atoms with Crippen LogP contribution in [-0.4, -0.2) is 34.6 Å². The Morgan fingerprint density at radius 1 is 1.14 bits per heavy atom. The van der Waals surface area contributed by atoms with E-state index in [1.807, 2.05) is 0 Å². The van der Waals surface area contributed by atoms with Gasteiger partial charge in [-0.15, -0.1) is 0 Å². The predicted molar refractivity (Wildman–Crippen MR) is 101 cm³/mol. The predicted octanol–water partition coefficient (Wildman–Crippen LogP) is 1.90. The van der Waals surface area contributed by atoms with Crippen LogP contribution in [0.1, 0.15) is 17.3 Å². The van der Waals surface area contributed by atoms with Crippen LogP contribution < -0.4 is 15.6 Å². The maximum atomic E-state index is 11.9. The topological polar surface area (TPSA) is 103 Å². The van der Waals surface area contributed by atoms with Gasteiger partial charge in [0.1, 0.15) is 11.4 Å². The van der Waals surface area contributed by atoms with Crippen LogP contribution in [0.5, 0.6) is 5.75 Å². The van der Waals surface area contributed by atoms with Crippen LogP contribution in [0.4, 0.5) is 0 Å². The molecule has 0 aliphatic rings. The lowest BCUT2D eigenvalue weighted by Gasteiger charge is -2.09. The first-order valence-corrected chi connectivity index (χ1v) is 8.65. The van der Waals surface area contributed by atoms with E-state index in [-0.39, 0.29) is 36.9 Å². The molecule has 3 rings (SSSR count). The first-order chi connectivity index (χ1) is 13.5. The fourth-order valence-corrected chi connectivity index (χ4v) is 2.45. The highest BCUT2D eigenvalue weighted by molar-refractivity contribution is 5.94. The molecular weight excluding hydrogens is 362 g/mol. The first kappa shape index (κ1) is 19.1. The van der Waals surface area contributed by atoms with E-state index < -0.39 is 0 Å². The van der Waals surface area contributed by atoms with Crippen LogP contribution in [0.25, 0.3) is 11.5 Å². The van der Waals surface area contributed by atoms with Crippen molar-refractivity contribution in [1.29, 1.82) is 0 Å². The SMILES string of the molecule is CC(=O)c1ccc(OCC(=O)NCCn2nc(-c3ccco3)ccc2=O)cc1. The van der Waals surface area contributed by atoms with Crippen LogP contribution in [0, 0.1) is 0 Å². The minimum Gasteiger partial charge on any atom is -0.484 e. The Morgan fingerprint density at radius 2 is 1.93 bits per heavy atom. The molecule has 0 fully saturated rings. The lowest BCUT2D eigenvalue weighted by molar-refractivity contribution is -0.123. The number of carbonyl (C=O) groups is 2. The largest absolute Gasteiger partial charge is 0.484 e. The van der Waals surface area contributed by atoms with Gasteiger partial charge in [-0.2, -0.15) is 5.10 Å². The van der Waals surface area contributed by atoms with Gasteiger partial charge in [0.2, 0.25) is 0 Å². The van der Waals surface area contributed by atoms with Gasteiger partial charge in [-0.25, -0.2) is 4.68 Å². The summed E-state index contributed by atoms with van der Waals surface area (Å²) < 4.78 is 11.9. The molecule has 0 radical (unpaired) electrons. The van der Waals surface area contributed by atoms with E-state index in [1.165, 1.54) is 23.9 Å². The van der Waals surface area contributed by atoms with E-state index in [0.717, 1.165) is 0 Å². The highest BCUT2D eigenvalue weighted by atomic mass is 16.5. The summed E-state index contributed by atoms with van der Waals surface area (Å²) in [5.41, 5.74) is 0.839. The number of carbonyl (C=O) groups excluding carboxylic acids is 2. The number of hydrogen-bond acceptors (Lipinski definition) is 6. The molecule has 0 aliphatic heterocycles. The van der Waals surface area contributed by atoms with Crippen LogP contribution in [0.15, 0.2) is 64.0 Å². The number of ether oxygens (including phenoxy) is 1. The van der Waals surface area contributed by atoms with Crippen molar-refractivity contribution in [3.63, 3.8) is 0 Å². The van der Waals surface area contributed by atoms with Crippen LogP contribution >= 0.6 is 0 Å². The maximum Gasteiger partial charge on any atom is 0.266 e. The average molecular weight is 381 g/mol. The number of ketones is 1. The summed E-state index contributed by atoms with van der Waals surface area (Å²) in [6.07, 6.45) is 1.53. The minimum absolute atomic E-state index is 0.0377. The Hall–Kier alpha value is -3.68. The van der Waals surface area contributed by atoms with Gasteiger partial charge in [-0.1, -0.05) is 0 Å². The third kappa shape index (κ3) is 4.94. The highest BCUT2D eigenvalue weighted by Gasteiger charge is 2.07. The molecule has 3 aromatic rings. The minimum atomic E-state index is -0.328. The Labute approximate surface area is 160 Å². The first-order valence-electron chi connectivity index (χ1n) is 8.65. The maximum absolute atomic E-state index is 11.9. The normalized spacial score (nSPS) is 10.5. The Morgan fingerprint density at radius 3 is 2.61 bits per heavy atom. The van der Waals surface area contributed by atoms with E-state index in [1.54, 1.807) is 42.5 Å². The Bertz CT molecular complexity index is 1010. The molecule has 0 spiro atoms. The molecule has 28 heavy (non-hydrogen) atoms.